The van der Waals surface area contributed by atoms with Crippen molar-refractivity contribution in [1.82, 2.24) is 0 Å². The Bertz CT molecular complexity index is 639. The number of thiophene rings is 1. The van der Waals surface area contributed by atoms with E-state index in [1.807, 2.05) is 12.1 Å². The lowest BCUT2D eigenvalue weighted by Gasteiger charge is -2.09. The number of hydrogen-bond donors (Lipinski definition) is 1. The summed E-state index contributed by atoms with van der Waals surface area (Å²) in [4.78, 5) is 1.21. The van der Waals surface area contributed by atoms with E-state index in [2.05, 4.69) is 58.4 Å². The maximum absolute atomic E-state index is 6.33. The number of benzene rings is 2. The predicted molar refractivity (Wildman–Crippen MR) is 82.0 cm³/mol. The van der Waals surface area contributed by atoms with Crippen molar-refractivity contribution in [3.05, 3.63) is 69.5 Å². The summed E-state index contributed by atoms with van der Waals surface area (Å²) in [5.41, 5.74) is 7.47. The Kier molecular flexibility index (Phi) is 3.20. The molecule has 0 aliphatic carbocycles. The molecule has 0 aliphatic heterocycles. The molecule has 0 bridgehead atoms. The Hall–Kier alpha value is -1.16. The minimum absolute atomic E-state index is 0.0458. The standard InChI is InChI=1S/C15H12BrNS/c16-12-7-5-10(6-8-12)15(17)14-9-11-3-1-2-4-13(11)18-14/h1-9,15H,17H2. The molecule has 1 nitrogen and oxygen atoms in total. The highest BCUT2D eigenvalue weighted by Gasteiger charge is 2.11. The van der Waals surface area contributed by atoms with Gasteiger partial charge in [0.1, 0.15) is 0 Å². The molecule has 2 N–H and O–H groups in total. The normalized spacial score (nSPS) is 12.8. The van der Waals surface area contributed by atoms with Gasteiger partial charge >= 0.3 is 0 Å². The second-order valence-corrected chi connectivity index (χ2v) is 6.25. The van der Waals surface area contributed by atoms with Gasteiger partial charge in [0.05, 0.1) is 6.04 Å². The van der Waals surface area contributed by atoms with E-state index in [1.54, 1.807) is 11.3 Å². The summed E-state index contributed by atoms with van der Waals surface area (Å²) in [7, 11) is 0. The zero-order valence-electron chi connectivity index (χ0n) is 9.64. The van der Waals surface area contributed by atoms with Gasteiger partial charge in [-0.15, -0.1) is 11.3 Å². The SMILES string of the molecule is NC(c1ccc(Br)cc1)c1cc2ccccc2s1. The molecule has 3 aromatic rings. The smallest absolute Gasteiger partial charge is 0.0646 e. The van der Waals surface area contributed by atoms with Gasteiger partial charge in [0, 0.05) is 14.0 Å². The highest BCUT2D eigenvalue weighted by Crippen LogP contribution is 2.32. The average Bonchev–Trinajstić information content (AvgIpc) is 2.82. The first-order chi connectivity index (χ1) is 8.74. The summed E-state index contributed by atoms with van der Waals surface area (Å²) in [5, 5.41) is 1.27. The number of halogens is 1. The highest BCUT2D eigenvalue weighted by atomic mass is 79.9. The molecule has 0 spiro atoms. The number of hydrogen-bond acceptors (Lipinski definition) is 2. The number of fused-ring (bicyclic) bond motifs is 1. The van der Waals surface area contributed by atoms with Crippen LogP contribution in [0.2, 0.25) is 0 Å². The second-order valence-electron chi connectivity index (χ2n) is 4.22. The maximum Gasteiger partial charge on any atom is 0.0646 e. The first-order valence-electron chi connectivity index (χ1n) is 5.73. The van der Waals surface area contributed by atoms with Crippen LogP contribution in [-0.4, -0.2) is 0 Å². The molecule has 0 aliphatic rings. The molecular formula is C15H12BrNS. The van der Waals surface area contributed by atoms with Gasteiger partial charge in [0.2, 0.25) is 0 Å². The molecule has 18 heavy (non-hydrogen) atoms. The monoisotopic (exact) mass is 317 g/mol. The van der Waals surface area contributed by atoms with Crippen molar-refractivity contribution in [3.63, 3.8) is 0 Å². The summed E-state index contributed by atoms with van der Waals surface area (Å²) >= 11 is 5.21. The van der Waals surface area contributed by atoms with Gasteiger partial charge in [0.25, 0.3) is 0 Å². The lowest BCUT2D eigenvalue weighted by molar-refractivity contribution is 0.894. The molecule has 1 atom stereocenters. The van der Waals surface area contributed by atoms with Crippen LogP contribution >= 0.6 is 27.3 Å². The van der Waals surface area contributed by atoms with Crippen LogP contribution in [0.25, 0.3) is 10.1 Å². The number of nitrogens with two attached hydrogens (primary N) is 1. The first kappa shape index (κ1) is 11.9. The summed E-state index contributed by atoms with van der Waals surface area (Å²) in [6.45, 7) is 0. The molecule has 0 radical (unpaired) electrons. The largest absolute Gasteiger partial charge is 0.320 e. The van der Waals surface area contributed by atoms with E-state index in [4.69, 9.17) is 5.73 Å². The predicted octanol–water partition coefficient (Wildman–Crippen LogP) is 4.71. The molecule has 1 heterocycles. The summed E-state index contributed by atoms with van der Waals surface area (Å²) in [6, 6.07) is 18.7. The maximum atomic E-state index is 6.33. The second kappa shape index (κ2) is 4.84. The molecule has 3 rings (SSSR count). The van der Waals surface area contributed by atoms with E-state index in [0.29, 0.717) is 0 Å². The van der Waals surface area contributed by atoms with Crippen molar-refractivity contribution in [1.29, 1.82) is 0 Å². The van der Waals surface area contributed by atoms with Crippen LogP contribution in [0.15, 0.2) is 59.1 Å². The molecule has 0 saturated carbocycles. The Labute approximate surface area is 118 Å². The zero-order valence-corrected chi connectivity index (χ0v) is 12.0. The van der Waals surface area contributed by atoms with Gasteiger partial charge < -0.3 is 5.73 Å². The van der Waals surface area contributed by atoms with Crippen LogP contribution in [0.4, 0.5) is 0 Å². The summed E-state index contributed by atoms with van der Waals surface area (Å²) < 4.78 is 2.37. The Morgan fingerprint density at radius 2 is 1.72 bits per heavy atom. The zero-order chi connectivity index (χ0) is 12.5. The van der Waals surface area contributed by atoms with E-state index < -0.39 is 0 Å². The van der Waals surface area contributed by atoms with Crippen LogP contribution in [-0.2, 0) is 0 Å². The molecule has 90 valence electrons. The topological polar surface area (TPSA) is 26.0 Å². The highest BCUT2D eigenvalue weighted by molar-refractivity contribution is 9.10. The quantitative estimate of drug-likeness (QED) is 0.727. The molecule has 3 heteroatoms. The van der Waals surface area contributed by atoms with Crippen molar-refractivity contribution in [2.45, 2.75) is 6.04 Å². The first-order valence-corrected chi connectivity index (χ1v) is 7.34. The van der Waals surface area contributed by atoms with Crippen LogP contribution in [0, 0.1) is 0 Å². The van der Waals surface area contributed by atoms with Crippen molar-refractivity contribution in [3.8, 4) is 0 Å². The molecule has 1 unspecified atom stereocenters. The van der Waals surface area contributed by atoms with E-state index in [0.717, 1.165) is 10.0 Å². The summed E-state index contributed by atoms with van der Waals surface area (Å²) in [5.74, 6) is 0. The van der Waals surface area contributed by atoms with Crippen LogP contribution in [0.5, 0.6) is 0 Å². The fraction of sp³-hybridized carbons (Fsp3) is 0.0667. The average molecular weight is 318 g/mol. The minimum Gasteiger partial charge on any atom is -0.320 e. The Morgan fingerprint density at radius 1 is 1.00 bits per heavy atom. The van der Waals surface area contributed by atoms with Crippen LogP contribution < -0.4 is 5.73 Å². The molecule has 0 saturated heterocycles. The van der Waals surface area contributed by atoms with Gasteiger partial charge in [-0.2, -0.15) is 0 Å². The number of rotatable bonds is 2. The van der Waals surface area contributed by atoms with Crippen LogP contribution in [0.3, 0.4) is 0 Å². The lowest BCUT2D eigenvalue weighted by Crippen LogP contribution is -2.09. The third-order valence-electron chi connectivity index (χ3n) is 2.98. The van der Waals surface area contributed by atoms with Gasteiger partial charge in [-0.3, -0.25) is 0 Å². The fourth-order valence-corrected chi connectivity index (χ4v) is 3.35. The Balaban J connectivity index is 2.00. The van der Waals surface area contributed by atoms with Gasteiger partial charge in [0.15, 0.2) is 0 Å². The van der Waals surface area contributed by atoms with Gasteiger partial charge in [-0.05, 0) is 35.2 Å². The van der Waals surface area contributed by atoms with Crippen molar-refractivity contribution in [2.24, 2.45) is 5.73 Å². The van der Waals surface area contributed by atoms with Gasteiger partial charge in [-0.25, -0.2) is 0 Å². The molecule has 0 fully saturated rings. The molecule has 0 amide bonds. The third kappa shape index (κ3) is 2.21. The van der Waals surface area contributed by atoms with E-state index in [1.165, 1.54) is 15.0 Å². The molecule has 1 aromatic heterocycles. The van der Waals surface area contributed by atoms with E-state index in [9.17, 15) is 0 Å². The molecular weight excluding hydrogens is 306 g/mol. The van der Waals surface area contributed by atoms with Crippen LogP contribution in [0.1, 0.15) is 16.5 Å². The van der Waals surface area contributed by atoms with E-state index >= 15 is 0 Å². The minimum atomic E-state index is -0.0458. The Morgan fingerprint density at radius 3 is 2.44 bits per heavy atom. The van der Waals surface area contributed by atoms with E-state index in [-0.39, 0.29) is 6.04 Å². The molecule has 2 aromatic carbocycles. The lowest BCUT2D eigenvalue weighted by atomic mass is 10.1. The van der Waals surface area contributed by atoms with Crippen molar-refractivity contribution >= 4 is 37.4 Å². The van der Waals surface area contributed by atoms with Gasteiger partial charge in [-0.1, -0.05) is 46.3 Å². The summed E-state index contributed by atoms with van der Waals surface area (Å²) in [6.07, 6.45) is 0. The van der Waals surface area contributed by atoms with Crippen molar-refractivity contribution < 1.29 is 0 Å². The third-order valence-corrected chi connectivity index (χ3v) is 4.71. The van der Waals surface area contributed by atoms with Crippen molar-refractivity contribution in [2.75, 3.05) is 0 Å². The fourth-order valence-electron chi connectivity index (χ4n) is 1.99.